The molecule has 1 fully saturated rings. The molecule has 1 aliphatic carbocycles. The number of Topliss-reactive ketones (excluding diaryl/α,β-unsaturated/α-hetero) is 1. The predicted octanol–water partition coefficient (Wildman–Crippen LogP) is 5.06. The van der Waals surface area contributed by atoms with E-state index in [1.54, 1.807) is 36.4 Å². The van der Waals surface area contributed by atoms with E-state index in [9.17, 15) is 15.0 Å². The Hall–Kier alpha value is -3.73. The second-order valence-electron chi connectivity index (χ2n) is 6.79. The first-order valence-corrected chi connectivity index (χ1v) is 9.55. The summed E-state index contributed by atoms with van der Waals surface area (Å²) >= 11 is 0. The lowest BCUT2D eigenvalue weighted by Crippen LogP contribution is -1.94. The van der Waals surface area contributed by atoms with Gasteiger partial charge in [-0.3, -0.25) is 4.79 Å². The summed E-state index contributed by atoms with van der Waals surface area (Å²) in [6.07, 6.45) is 12.5. The minimum Gasteiger partial charge on any atom is -0.504 e. The van der Waals surface area contributed by atoms with Gasteiger partial charge in [0, 0.05) is 11.1 Å². The zero-order valence-electron chi connectivity index (χ0n) is 17.0. The van der Waals surface area contributed by atoms with Crippen molar-refractivity contribution in [2.45, 2.75) is 12.8 Å². The van der Waals surface area contributed by atoms with Gasteiger partial charge >= 0.3 is 0 Å². The second-order valence-corrected chi connectivity index (χ2v) is 6.79. The van der Waals surface area contributed by atoms with Gasteiger partial charge in [-0.05, 0) is 48.2 Å². The van der Waals surface area contributed by atoms with Crippen LogP contribution in [-0.2, 0) is 4.79 Å². The van der Waals surface area contributed by atoms with Crippen LogP contribution in [0.15, 0.2) is 71.8 Å². The summed E-state index contributed by atoms with van der Waals surface area (Å²) in [6, 6.07) is 10.2. The molecular weight excluding hydrogens is 380 g/mol. The number of ether oxygens (including phenoxy) is 2. The SMILES string of the molecule is COc1cc(/C=C\C=C2\CC/C(=C\C=C\c3ccc(O)c(OC)c3)C2=O)ccc1O. The Morgan fingerprint density at radius 2 is 1.20 bits per heavy atom. The number of phenolic OH excluding ortho intramolecular Hbond substituents is 2. The molecule has 2 aromatic carbocycles. The Labute approximate surface area is 175 Å². The molecule has 30 heavy (non-hydrogen) atoms. The van der Waals surface area contributed by atoms with Crippen LogP contribution in [0.3, 0.4) is 0 Å². The number of phenols is 2. The van der Waals surface area contributed by atoms with Crippen LogP contribution in [0.4, 0.5) is 0 Å². The molecule has 0 aliphatic heterocycles. The van der Waals surface area contributed by atoms with Crippen molar-refractivity contribution in [1.29, 1.82) is 0 Å². The quantitative estimate of drug-likeness (QED) is 0.659. The standard InChI is InChI=1S/C25H24O5/c1-29-23-15-17(9-13-21(23)26)5-3-7-19-11-12-20(25(19)28)8-4-6-18-10-14-22(27)24(16-18)30-2/h3-10,13-16,26-27H,11-12H2,1-2H3/b5-3-,6-4+,19-7-,20-8+. The molecule has 0 spiro atoms. The Balaban J connectivity index is 1.66. The van der Waals surface area contributed by atoms with Gasteiger partial charge in [0.25, 0.3) is 0 Å². The molecule has 2 N–H and O–H groups in total. The molecule has 5 nitrogen and oxygen atoms in total. The van der Waals surface area contributed by atoms with E-state index in [2.05, 4.69) is 0 Å². The van der Waals surface area contributed by atoms with E-state index in [1.165, 1.54) is 14.2 Å². The summed E-state index contributed by atoms with van der Waals surface area (Å²) in [5.74, 6) is 1.05. The fourth-order valence-electron chi connectivity index (χ4n) is 3.17. The smallest absolute Gasteiger partial charge is 0.185 e. The molecular formula is C25H24O5. The van der Waals surface area contributed by atoms with Crippen molar-refractivity contribution in [2.24, 2.45) is 0 Å². The Morgan fingerprint density at radius 3 is 1.60 bits per heavy atom. The number of carbonyl (C=O) groups excluding carboxylic acids is 1. The van der Waals surface area contributed by atoms with Crippen LogP contribution in [0.2, 0.25) is 0 Å². The number of methoxy groups -OCH3 is 2. The van der Waals surface area contributed by atoms with Crippen molar-refractivity contribution in [3.05, 3.63) is 83.0 Å². The number of allylic oxidation sites excluding steroid dienone is 6. The van der Waals surface area contributed by atoms with E-state index >= 15 is 0 Å². The molecule has 0 unspecified atom stereocenters. The maximum Gasteiger partial charge on any atom is 0.185 e. The first-order valence-electron chi connectivity index (χ1n) is 9.55. The maximum absolute atomic E-state index is 12.6. The van der Waals surface area contributed by atoms with Crippen LogP contribution in [0, 0.1) is 0 Å². The van der Waals surface area contributed by atoms with E-state index in [0.717, 1.165) is 22.3 Å². The van der Waals surface area contributed by atoms with Crippen molar-refractivity contribution in [2.75, 3.05) is 14.2 Å². The van der Waals surface area contributed by atoms with Gasteiger partial charge in [-0.1, -0.05) is 48.6 Å². The predicted molar refractivity (Wildman–Crippen MR) is 118 cm³/mol. The molecule has 2 aromatic rings. The third kappa shape index (κ3) is 5.00. The van der Waals surface area contributed by atoms with Crippen LogP contribution in [0.1, 0.15) is 24.0 Å². The lowest BCUT2D eigenvalue weighted by molar-refractivity contribution is -0.111. The Bertz CT molecular complexity index is 974. The van der Waals surface area contributed by atoms with Crippen LogP contribution < -0.4 is 9.47 Å². The molecule has 3 rings (SSSR count). The van der Waals surface area contributed by atoms with E-state index in [0.29, 0.717) is 24.3 Å². The Kier molecular flexibility index (Phi) is 6.75. The van der Waals surface area contributed by atoms with Crippen LogP contribution >= 0.6 is 0 Å². The zero-order valence-corrected chi connectivity index (χ0v) is 17.0. The summed E-state index contributed by atoms with van der Waals surface area (Å²) in [5, 5.41) is 19.3. The summed E-state index contributed by atoms with van der Waals surface area (Å²) in [7, 11) is 3.00. The van der Waals surface area contributed by atoms with Gasteiger partial charge in [0.1, 0.15) is 0 Å². The number of benzene rings is 2. The molecule has 1 saturated carbocycles. The number of carbonyl (C=O) groups is 1. The molecule has 154 valence electrons. The number of hydrogen-bond acceptors (Lipinski definition) is 5. The highest BCUT2D eigenvalue weighted by Gasteiger charge is 2.21. The summed E-state index contributed by atoms with van der Waals surface area (Å²) in [4.78, 5) is 12.6. The van der Waals surface area contributed by atoms with E-state index < -0.39 is 0 Å². The monoisotopic (exact) mass is 404 g/mol. The number of hydrogen-bond donors (Lipinski definition) is 2. The van der Waals surface area contributed by atoms with Crippen molar-refractivity contribution in [1.82, 2.24) is 0 Å². The van der Waals surface area contributed by atoms with Gasteiger partial charge in [0.05, 0.1) is 14.2 Å². The molecule has 5 heteroatoms. The molecule has 0 radical (unpaired) electrons. The molecule has 0 saturated heterocycles. The highest BCUT2D eigenvalue weighted by atomic mass is 16.5. The first kappa shape index (κ1) is 21.0. The van der Waals surface area contributed by atoms with Crippen LogP contribution in [-0.4, -0.2) is 30.2 Å². The fourth-order valence-corrected chi connectivity index (χ4v) is 3.17. The third-order valence-corrected chi connectivity index (χ3v) is 4.83. The van der Waals surface area contributed by atoms with E-state index in [1.807, 2.05) is 36.5 Å². The Morgan fingerprint density at radius 1 is 0.767 bits per heavy atom. The van der Waals surface area contributed by atoms with Crippen LogP contribution in [0.25, 0.3) is 12.2 Å². The van der Waals surface area contributed by atoms with Gasteiger partial charge < -0.3 is 19.7 Å². The average molecular weight is 404 g/mol. The third-order valence-electron chi connectivity index (χ3n) is 4.83. The van der Waals surface area contributed by atoms with Crippen molar-refractivity contribution in [3.8, 4) is 23.0 Å². The average Bonchev–Trinajstić information content (AvgIpc) is 3.10. The first-order chi connectivity index (χ1) is 14.5. The number of ketones is 1. The van der Waals surface area contributed by atoms with Gasteiger partial charge in [-0.15, -0.1) is 0 Å². The normalized spacial score (nSPS) is 16.9. The molecule has 0 aromatic heterocycles. The topological polar surface area (TPSA) is 76.0 Å². The largest absolute Gasteiger partial charge is 0.504 e. The second kappa shape index (κ2) is 9.65. The minimum atomic E-state index is 0.0517. The molecule has 0 bridgehead atoms. The van der Waals surface area contributed by atoms with Crippen LogP contribution in [0.5, 0.6) is 23.0 Å². The van der Waals surface area contributed by atoms with Crippen molar-refractivity contribution >= 4 is 17.9 Å². The zero-order chi connectivity index (χ0) is 21.5. The number of aromatic hydroxyl groups is 2. The molecule has 1 aliphatic rings. The van der Waals surface area contributed by atoms with E-state index in [4.69, 9.17) is 9.47 Å². The van der Waals surface area contributed by atoms with Gasteiger partial charge in [-0.2, -0.15) is 0 Å². The fraction of sp³-hybridized carbons (Fsp3) is 0.160. The summed E-state index contributed by atoms with van der Waals surface area (Å²) in [5.41, 5.74) is 3.27. The molecule has 0 amide bonds. The lowest BCUT2D eigenvalue weighted by atomic mass is 10.1. The van der Waals surface area contributed by atoms with Gasteiger partial charge in [0.15, 0.2) is 28.8 Å². The highest BCUT2D eigenvalue weighted by molar-refractivity contribution is 6.11. The maximum atomic E-state index is 12.6. The van der Waals surface area contributed by atoms with E-state index in [-0.39, 0.29) is 17.3 Å². The van der Waals surface area contributed by atoms with Crippen molar-refractivity contribution in [3.63, 3.8) is 0 Å². The number of rotatable bonds is 6. The molecule has 0 heterocycles. The van der Waals surface area contributed by atoms with Gasteiger partial charge in [0.2, 0.25) is 0 Å². The highest BCUT2D eigenvalue weighted by Crippen LogP contribution is 2.29. The van der Waals surface area contributed by atoms with Crippen molar-refractivity contribution < 1.29 is 24.5 Å². The summed E-state index contributed by atoms with van der Waals surface area (Å²) < 4.78 is 10.2. The lowest BCUT2D eigenvalue weighted by Gasteiger charge is -2.03. The summed E-state index contributed by atoms with van der Waals surface area (Å²) in [6.45, 7) is 0. The van der Waals surface area contributed by atoms with Gasteiger partial charge in [-0.25, -0.2) is 0 Å². The minimum absolute atomic E-state index is 0.0517. The molecule has 0 atom stereocenters.